The molecule has 5 aromatic rings. The molecule has 0 aliphatic carbocycles. The number of aromatic nitrogens is 6. The lowest BCUT2D eigenvalue weighted by Crippen LogP contribution is -2.33. The zero-order valence-electron chi connectivity index (χ0n) is 15.9. The van der Waals surface area contributed by atoms with E-state index >= 15 is 0 Å². The Morgan fingerprint density at radius 3 is 2.87 bits per heavy atom. The topological polar surface area (TPSA) is 129 Å². The van der Waals surface area contributed by atoms with Gasteiger partial charge in [0.2, 0.25) is 5.95 Å². The molecule has 2 aromatic carbocycles. The lowest BCUT2D eigenvalue weighted by atomic mass is 10.2. The molecule has 0 unspecified atom stereocenters. The number of hydrogen-bond acceptors (Lipinski definition) is 6. The number of fused-ring (bicyclic) bond motifs is 2. The van der Waals surface area contributed by atoms with E-state index in [1.165, 1.54) is 23.0 Å². The summed E-state index contributed by atoms with van der Waals surface area (Å²) in [6.07, 6.45) is 1.48. The molecule has 0 saturated carbocycles. The van der Waals surface area contributed by atoms with Crippen molar-refractivity contribution in [3.63, 3.8) is 0 Å². The van der Waals surface area contributed by atoms with Gasteiger partial charge in [0.15, 0.2) is 17.2 Å². The van der Waals surface area contributed by atoms with Gasteiger partial charge in [-0.1, -0.05) is 29.8 Å². The molecule has 5 rings (SSSR count). The van der Waals surface area contributed by atoms with Crippen molar-refractivity contribution in [3.05, 3.63) is 75.8 Å². The average molecular weight is 438 g/mol. The Kier molecular flexibility index (Phi) is 4.48. The number of imidazole rings is 1. The maximum absolute atomic E-state index is 14.5. The van der Waals surface area contributed by atoms with Gasteiger partial charge in [0, 0.05) is 0 Å². The number of para-hydroxylation sites is 1. The molecule has 3 aromatic heterocycles. The molecule has 0 fully saturated rings. The molecule has 154 valence electrons. The van der Waals surface area contributed by atoms with Gasteiger partial charge >= 0.3 is 5.56 Å². The monoisotopic (exact) mass is 437 g/mol. The van der Waals surface area contributed by atoms with Gasteiger partial charge in [-0.25, -0.2) is 19.2 Å². The first-order valence-corrected chi connectivity index (χ1v) is 9.61. The molecule has 0 aliphatic rings. The Bertz CT molecular complexity index is 1510. The molecular weight excluding hydrogens is 423 g/mol. The van der Waals surface area contributed by atoms with Crippen molar-refractivity contribution in [2.24, 2.45) is 0 Å². The van der Waals surface area contributed by atoms with E-state index in [0.717, 1.165) is 0 Å². The van der Waals surface area contributed by atoms with Crippen LogP contribution in [0.15, 0.2) is 53.6 Å². The van der Waals surface area contributed by atoms with E-state index in [1.807, 2.05) is 0 Å². The predicted molar refractivity (Wildman–Crippen MR) is 114 cm³/mol. The van der Waals surface area contributed by atoms with E-state index in [1.54, 1.807) is 30.3 Å². The van der Waals surface area contributed by atoms with Crippen LogP contribution in [0.2, 0.25) is 5.02 Å². The predicted octanol–water partition coefficient (Wildman–Crippen LogP) is 2.46. The van der Waals surface area contributed by atoms with Crippen LogP contribution in [0.5, 0.6) is 0 Å². The van der Waals surface area contributed by atoms with E-state index < -0.39 is 11.4 Å². The Hall–Kier alpha value is -4.05. The number of benzene rings is 2. The van der Waals surface area contributed by atoms with E-state index in [2.05, 4.69) is 30.2 Å². The first kappa shape index (κ1) is 18.9. The second-order valence-corrected chi connectivity index (χ2v) is 7.12. The average Bonchev–Trinajstić information content (AvgIpc) is 3.21. The molecule has 11 heteroatoms. The molecule has 0 bridgehead atoms. The van der Waals surface area contributed by atoms with Gasteiger partial charge in [-0.3, -0.25) is 0 Å². The summed E-state index contributed by atoms with van der Waals surface area (Å²) in [4.78, 5) is 31.7. The zero-order chi connectivity index (χ0) is 21.5. The van der Waals surface area contributed by atoms with Gasteiger partial charge < -0.3 is 16.0 Å². The van der Waals surface area contributed by atoms with Crippen molar-refractivity contribution in [3.8, 4) is 5.69 Å². The Morgan fingerprint density at radius 1 is 1.19 bits per heavy atom. The third-order valence-electron chi connectivity index (χ3n) is 4.80. The van der Waals surface area contributed by atoms with Crippen LogP contribution in [0, 0.1) is 5.82 Å². The SMILES string of the molecule is Nc1nc(NCc2[nH+]c3cccc(F)c3c(=O)n2-c2ccccc2Cl)c2[nH]cnc2n1. The minimum Gasteiger partial charge on any atom is -0.368 e. The van der Waals surface area contributed by atoms with Crippen molar-refractivity contribution in [2.45, 2.75) is 6.54 Å². The smallest absolute Gasteiger partial charge is 0.353 e. The summed E-state index contributed by atoms with van der Waals surface area (Å²) in [5, 5.41) is 3.42. The highest BCUT2D eigenvalue weighted by atomic mass is 35.5. The minimum absolute atomic E-state index is 0.0511. The van der Waals surface area contributed by atoms with Crippen molar-refractivity contribution in [2.75, 3.05) is 11.1 Å². The fourth-order valence-corrected chi connectivity index (χ4v) is 3.67. The van der Waals surface area contributed by atoms with Crippen LogP contribution in [-0.4, -0.2) is 24.5 Å². The van der Waals surface area contributed by atoms with Crippen molar-refractivity contribution < 1.29 is 9.37 Å². The molecule has 0 saturated heterocycles. The van der Waals surface area contributed by atoms with E-state index in [-0.39, 0.29) is 17.9 Å². The van der Waals surface area contributed by atoms with Gasteiger partial charge in [-0.2, -0.15) is 14.5 Å². The maximum atomic E-state index is 14.5. The first-order chi connectivity index (χ1) is 15.0. The number of nitrogen functional groups attached to an aromatic ring is 1. The number of halogens is 2. The summed E-state index contributed by atoms with van der Waals surface area (Å²) in [5.74, 6) is 0.268. The number of nitrogens with zero attached hydrogens (tertiary/aromatic N) is 4. The van der Waals surface area contributed by atoms with E-state index in [4.69, 9.17) is 17.3 Å². The quantitative estimate of drug-likeness (QED) is 0.396. The molecule has 3 heterocycles. The number of aromatic amines is 2. The van der Waals surface area contributed by atoms with E-state index in [0.29, 0.717) is 39.0 Å². The molecule has 31 heavy (non-hydrogen) atoms. The maximum Gasteiger partial charge on any atom is 0.353 e. The molecule has 0 atom stereocenters. The van der Waals surface area contributed by atoms with Crippen LogP contribution in [0.3, 0.4) is 0 Å². The largest absolute Gasteiger partial charge is 0.368 e. The Morgan fingerprint density at radius 2 is 2.03 bits per heavy atom. The molecular formula is C20H15ClFN8O+. The third kappa shape index (κ3) is 3.22. The highest BCUT2D eigenvalue weighted by Crippen LogP contribution is 2.22. The second-order valence-electron chi connectivity index (χ2n) is 6.71. The molecule has 0 radical (unpaired) electrons. The van der Waals surface area contributed by atoms with Crippen molar-refractivity contribution >= 4 is 45.4 Å². The standard InChI is InChI=1S/C20H14ClFN8O/c21-10-4-1-2-7-13(10)30-14(27-12-6-3-5-11(22)15(12)19(30)31)8-24-17-16-18(26-9-25-16)29-20(23)28-17/h1-7,9H,8H2,(H4,23,24,25,26,28,29)/p+1. The van der Waals surface area contributed by atoms with Crippen LogP contribution in [0.4, 0.5) is 16.2 Å². The van der Waals surface area contributed by atoms with Crippen LogP contribution in [-0.2, 0) is 6.54 Å². The molecule has 0 aliphatic heterocycles. The van der Waals surface area contributed by atoms with Gasteiger partial charge in [0.25, 0.3) is 5.82 Å². The van der Waals surface area contributed by atoms with Crippen molar-refractivity contribution in [1.82, 2.24) is 24.5 Å². The van der Waals surface area contributed by atoms with Gasteiger partial charge in [0.05, 0.1) is 11.3 Å². The molecule has 0 spiro atoms. The Labute approximate surface area is 178 Å². The fraction of sp³-hybridized carbons (Fsp3) is 0.0500. The minimum atomic E-state index is -0.623. The fourth-order valence-electron chi connectivity index (χ4n) is 3.45. The normalized spacial score (nSPS) is 11.3. The number of nitrogens with two attached hydrogens (primary N) is 1. The molecule has 0 amide bonds. The number of anilines is 2. The first-order valence-electron chi connectivity index (χ1n) is 9.23. The van der Waals surface area contributed by atoms with E-state index in [9.17, 15) is 9.18 Å². The van der Waals surface area contributed by atoms with Gasteiger partial charge in [-0.05, 0) is 24.3 Å². The molecule has 5 N–H and O–H groups in total. The summed E-state index contributed by atoms with van der Waals surface area (Å²) < 4.78 is 15.8. The summed E-state index contributed by atoms with van der Waals surface area (Å²) in [7, 11) is 0. The summed E-state index contributed by atoms with van der Waals surface area (Å²) in [5.41, 5.74) is 6.98. The summed E-state index contributed by atoms with van der Waals surface area (Å²) >= 11 is 6.36. The van der Waals surface area contributed by atoms with Crippen LogP contribution in [0.25, 0.3) is 27.8 Å². The number of hydrogen-bond donors (Lipinski definition) is 3. The van der Waals surface area contributed by atoms with Crippen LogP contribution in [0.1, 0.15) is 5.82 Å². The highest BCUT2D eigenvalue weighted by molar-refractivity contribution is 6.32. The second kappa shape index (κ2) is 7.33. The van der Waals surface area contributed by atoms with Gasteiger partial charge in [0.1, 0.15) is 28.8 Å². The van der Waals surface area contributed by atoms with Gasteiger partial charge in [-0.15, -0.1) is 0 Å². The number of H-pyrrole nitrogens is 2. The number of nitrogens with one attached hydrogen (secondary N) is 3. The summed E-state index contributed by atoms with van der Waals surface area (Å²) in [6.45, 7) is 0.123. The lowest BCUT2D eigenvalue weighted by molar-refractivity contribution is -0.365. The Balaban J connectivity index is 1.69. The molecule has 9 nitrogen and oxygen atoms in total. The van der Waals surface area contributed by atoms with Crippen molar-refractivity contribution in [1.29, 1.82) is 0 Å². The van der Waals surface area contributed by atoms with Crippen LogP contribution >= 0.6 is 11.6 Å². The van der Waals surface area contributed by atoms with Crippen LogP contribution < -0.4 is 21.6 Å². The zero-order valence-corrected chi connectivity index (χ0v) is 16.6. The third-order valence-corrected chi connectivity index (χ3v) is 5.12. The summed E-state index contributed by atoms with van der Waals surface area (Å²) in [6, 6.07) is 11.2. The lowest BCUT2D eigenvalue weighted by Gasteiger charge is -2.10. The highest BCUT2D eigenvalue weighted by Gasteiger charge is 2.24. The number of rotatable bonds is 4.